The van der Waals surface area contributed by atoms with Crippen LogP contribution in [0.4, 0.5) is 5.82 Å². The van der Waals surface area contributed by atoms with Gasteiger partial charge >= 0.3 is 0 Å². The van der Waals surface area contributed by atoms with Crippen LogP contribution in [0.1, 0.15) is 31.0 Å². The van der Waals surface area contributed by atoms with Gasteiger partial charge in [0.25, 0.3) is 0 Å². The first-order valence-corrected chi connectivity index (χ1v) is 6.38. The topological polar surface area (TPSA) is 79.4 Å². The third-order valence-corrected chi connectivity index (χ3v) is 3.12. The van der Waals surface area contributed by atoms with Crippen LogP contribution in [0, 0.1) is 0 Å². The second-order valence-electron chi connectivity index (χ2n) is 4.46. The quantitative estimate of drug-likeness (QED) is 0.853. The summed E-state index contributed by atoms with van der Waals surface area (Å²) in [6, 6.07) is 0. The number of hydrogen-bond acceptors (Lipinski definition) is 5. The van der Waals surface area contributed by atoms with Gasteiger partial charge in [-0.05, 0) is 25.7 Å². The smallest absolute Gasteiger partial charge is 0.184 e. The zero-order valence-electron chi connectivity index (χ0n) is 10.4. The summed E-state index contributed by atoms with van der Waals surface area (Å²) in [5.41, 5.74) is 3.13. The summed E-state index contributed by atoms with van der Waals surface area (Å²) in [5.74, 6) is 1.63. The fourth-order valence-corrected chi connectivity index (χ4v) is 2.25. The van der Waals surface area contributed by atoms with Crippen LogP contribution in [-0.4, -0.2) is 31.9 Å². The molecule has 18 heavy (non-hydrogen) atoms. The first-order chi connectivity index (χ1) is 8.88. The van der Waals surface area contributed by atoms with Gasteiger partial charge in [-0.2, -0.15) is 15.4 Å². The average Bonchev–Trinajstić information content (AvgIpc) is 3.05. The van der Waals surface area contributed by atoms with Crippen LogP contribution < -0.4 is 5.32 Å². The van der Waals surface area contributed by atoms with Crippen molar-refractivity contribution < 1.29 is 0 Å². The molecule has 0 unspecified atom stereocenters. The number of H-pyrrole nitrogens is 1. The fourth-order valence-electron chi connectivity index (χ4n) is 2.25. The lowest BCUT2D eigenvalue weighted by molar-refractivity contribution is 0.898. The van der Waals surface area contributed by atoms with Gasteiger partial charge in [-0.15, -0.1) is 0 Å². The van der Waals surface area contributed by atoms with Crippen molar-refractivity contribution in [2.45, 2.75) is 32.6 Å². The predicted molar refractivity (Wildman–Crippen MR) is 68.2 cm³/mol. The number of aryl methyl sites for hydroxylation is 1. The van der Waals surface area contributed by atoms with E-state index in [4.69, 9.17) is 0 Å². The Hall–Kier alpha value is -1.98. The van der Waals surface area contributed by atoms with Gasteiger partial charge in [0.1, 0.15) is 11.5 Å². The minimum absolute atomic E-state index is 0.656. The third kappa shape index (κ3) is 1.94. The van der Waals surface area contributed by atoms with E-state index in [1.54, 1.807) is 6.20 Å². The van der Waals surface area contributed by atoms with Crippen LogP contribution in [-0.2, 0) is 12.8 Å². The molecular formula is C12H16N6. The zero-order valence-corrected chi connectivity index (χ0v) is 10.4. The first-order valence-electron chi connectivity index (χ1n) is 6.38. The van der Waals surface area contributed by atoms with E-state index in [-0.39, 0.29) is 0 Å². The molecule has 0 aliphatic heterocycles. The van der Waals surface area contributed by atoms with Gasteiger partial charge in [-0.25, -0.2) is 9.97 Å². The third-order valence-electron chi connectivity index (χ3n) is 3.12. The van der Waals surface area contributed by atoms with Crippen molar-refractivity contribution >= 4 is 5.82 Å². The molecule has 0 aromatic carbocycles. The van der Waals surface area contributed by atoms with Gasteiger partial charge in [0, 0.05) is 17.8 Å². The van der Waals surface area contributed by atoms with E-state index in [9.17, 15) is 0 Å². The van der Waals surface area contributed by atoms with E-state index in [0.717, 1.165) is 43.7 Å². The molecular weight excluding hydrogens is 228 g/mol. The Kier molecular flexibility index (Phi) is 2.92. The normalized spacial score (nSPS) is 13.6. The highest BCUT2D eigenvalue weighted by molar-refractivity contribution is 5.56. The summed E-state index contributed by atoms with van der Waals surface area (Å²) in [6.07, 6.45) is 6.00. The van der Waals surface area contributed by atoms with E-state index >= 15 is 0 Å². The van der Waals surface area contributed by atoms with Gasteiger partial charge in [-0.1, -0.05) is 6.92 Å². The van der Waals surface area contributed by atoms with Crippen molar-refractivity contribution in [3.05, 3.63) is 17.5 Å². The van der Waals surface area contributed by atoms with Crippen LogP contribution in [0.25, 0.3) is 11.5 Å². The molecule has 0 saturated heterocycles. The lowest BCUT2D eigenvalue weighted by Crippen LogP contribution is -2.08. The monoisotopic (exact) mass is 244 g/mol. The van der Waals surface area contributed by atoms with Gasteiger partial charge in [0.05, 0.1) is 6.20 Å². The Bertz CT molecular complexity index is 534. The Morgan fingerprint density at radius 1 is 1.33 bits per heavy atom. The highest BCUT2D eigenvalue weighted by Crippen LogP contribution is 2.28. The summed E-state index contributed by atoms with van der Waals surface area (Å²) in [6.45, 7) is 3.08. The number of anilines is 1. The summed E-state index contributed by atoms with van der Waals surface area (Å²) < 4.78 is 0. The van der Waals surface area contributed by atoms with E-state index in [1.165, 1.54) is 5.56 Å². The van der Waals surface area contributed by atoms with Gasteiger partial charge < -0.3 is 5.32 Å². The van der Waals surface area contributed by atoms with E-state index in [0.29, 0.717) is 11.5 Å². The summed E-state index contributed by atoms with van der Waals surface area (Å²) >= 11 is 0. The molecule has 1 aliphatic rings. The van der Waals surface area contributed by atoms with Crippen LogP contribution >= 0.6 is 0 Å². The van der Waals surface area contributed by atoms with Crippen molar-refractivity contribution in [1.29, 1.82) is 0 Å². The molecule has 3 rings (SSSR count). The highest BCUT2D eigenvalue weighted by atomic mass is 15.3. The van der Waals surface area contributed by atoms with Gasteiger partial charge in [-0.3, -0.25) is 0 Å². The number of fused-ring (bicyclic) bond motifs is 1. The van der Waals surface area contributed by atoms with E-state index in [1.807, 2.05) is 0 Å². The number of nitrogens with zero attached hydrogens (tertiary/aromatic N) is 4. The van der Waals surface area contributed by atoms with Gasteiger partial charge in [0.15, 0.2) is 5.82 Å². The van der Waals surface area contributed by atoms with Crippen molar-refractivity contribution in [2.24, 2.45) is 0 Å². The fraction of sp³-hybridized carbons (Fsp3) is 0.500. The summed E-state index contributed by atoms with van der Waals surface area (Å²) in [7, 11) is 0. The predicted octanol–water partition coefficient (Wildman–Crippen LogP) is 1.57. The molecule has 0 saturated carbocycles. The average molecular weight is 244 g/mol. The number of hydrogen-bond donors (Lipinski definition) is 2. The van der Waals surface area contributed by atoms with E-state index in [2.05, 4.69) is 37.6 Å². The maximum atomic E-state index is 4.59. The molecule has 0 atom stereocenters. The Morgan fingerprint density at radius 3 is 3.06 bits per heavy atom. The number of rotatable bonds is 4. The van der Waals surface area contributed by atoms with Crippen molar-refractivity contribution in [3.63, 3.8) is 0 Å². The second-order valence-corrected chi connectivity index (χ2v) is 4.46. The Balaban J connectivity index is 2.02. The summed E-state index contributed by atoms with van der Waals surface area (Å²) in [5, 5.41) is 13.8. The maximum Gasteiger partial charge on any atom is 0.184 e. The number of aromatic nitrogens is 5. The molecule has 1 aliphatic carbocycles. The number of nitrogens with one attached hydrogen (secondary N) is 2. The second kappa shape index (κ2) is 4.72. The molecule has 94 valence electrons. The lowest BCUT2D eigenvalue weighted by Gasteiger charge is -2.10. The molecule has 0 bridgehead atoms. The molecule has 0 radical (unpaired) electrons. The van der Waals surface area contributed by atoms with Crippen LogP contribution in [0.2, 0.25) is 0 Å². The molecule has 0 spiro atoms. The Morgan fingerprint density at radius 2 is 2.28 bits per heavy atom. The highest BCUT2D eigenvalue weighted by Gasteiger charge is 2.20. The first kappa shape index (κ1) is 11.1. The standard InChI is InChI=1S/C12H16N6/c1-2-6-13-11-8-4-3-5-9(8)15-12(16-11)10-7-14-18-17-10/h7H,2-6H2,1H3,(H,13,15,16)(H,14,17,18). The maximum absolute atomic E-state index is 4.59. The van der Waals surface area contributed by atoms with Crippen LogP contribution in [0.5, 0.6) is 0 Å². The minimum atomic E-state index is 0.656. The minimum Gasteiger partial charge on any atom is -0.370 e. The van der Waals surface area contributed by atoms with Crippen LogP contribution in [0.15, 0.2) is 6.20 Å². The largest absolute Gasteiger partial charge is 0.370 e. The van der Waals surface area contributed by atoms with Crippen LogP contribution in [0.3, 0.4) is 0 Å². The molecule has 0 amide bonds. The van der Waals surface area contributed by atoms with Crippen molar-refractivity contribution in [3.8, 4) is 11.5 Å². The number of aromatic amines is 1. The molecule has 6 heteroatoms. The summed E-state index contributed by atoms with van der Waals surface area (Å²) in [4.78, 5) is 9.17. The van der Waals surface area contributed by atoms with Gasteiger partial charge in [0.2, 0.25) is 0 Å². The molecule has 2 aromatic heterocycles. The Labute approximate surface area is 105 Å². The molecule has 2 N–H and O–H groups in total. The molecule has 6 nitrogen and oxygen atoms in total. The van der Waals surface area contributed by atoms with Crippen molar-refractivity contribution in [2.75, 3.05) is 11.9 Å². The van der Waals surface area contributed by atoms with Crippen molar-refractivity contribution in [1.82, 2.24) is 25.4 Å². The lowest BCUT2D eigenvalue weighted by atomic mass is 10.2. The molecule has 2 aromatic rings. The molecule has 0 fully saturated rings. The SMILES string of the molecule is CCCNc1nc(-c2cn[nH]n2)nc2c1CCC2. The zero-order chi connectivity index (χ0) is 12.4. The van der Waals surface area contributed by atoms with E-state index < -0.39 is 0 Å². The molecule has 2 heterocycles.